The van der Waals surface area contributed by atoms with E-state index in [0.29, 0.717) is 41.3 Å². The zero-order valence-corrected chi connectivity index (χ0v) is 20.0. The predicted molar refractivity (Wildman–Crippen MR) is 134 cm³/mol. The molecule has 0 amide bonds. The number of carbonyl (C=O) groups excluding carboxylic acids is 1. The molecule has 3 aromatic carbocycles. The molecule has 4 aromatic rings. The second-order valence-corrected chi connectivity index (χ2v) is 9.13. The number of carbonyl (C=O) groups is 2. The third-order valence-electron chi connectivity index (χ3n) is 6.70. The van der Waals surface area contributed by atoms with E-state index in [9.17, 15) is 14.7 Å². The lowest BCUT2D eigenvalue weighted by atomic mass is 10.0. The van der Waals surface area contributed by atoms with Gasteiger partial charge in [-0.05, 0) is 62.2 Å². The first kappa shape index (κ1) is 22.7. The number of hydrogen-bond donors (Lipinski definition) is 1. The molecule has 1 atom stereocenters. The maximum Gasteiger partial charge on any atom is 0.307 e. The van der Waals surface area contributed by atoms with Gasteiger partial charge in [-0.15, -0.1) is 0 Å². The van der Waals surface area contributed by atoms with Crippen LogP contribution in [0.25, 0.3) is 10.9 Å². The molecule has 6 heteroatoms. The number of aliphatic carboxylic acids is 1. The Morgan fingerprint density at radius 3 is 2.63 bits per heavy atom. The number of fused-ring (bicyclic) bond motifs is 2. The van der Waals surface area contributed by atoms with Crippen molar-refractivity contribution >= 4 is 22.8 Å². The van der Waals surface area contributed by atoms with Crippen LogP contribution >= 0.6 is 0 Å². The molecule has 1 aromatic heterocycles. The van der Waals surface area contributed by atoms with Gasteiger partial charge in [0.1, 0.15) is 11.5 Å². The Morgan fingerprint density at radius 1 is 1.06 bits per heavy atom. The summed E-state index contributed by atoms with van der Waals surface area (Å²) >= 11 is 0. The highest BCUT2D eigenvalue weighted by Gasteiger charge is 2.25. The Hall–Kier alpha value is -4.06. The summed E-state index contributed by atoms with van der Waals surface area (Å²) in [4.78, 5) is 25.0. The number of carboxylic acids is 1. The minimum atomic E-state index is -0.924. The van der Waals surface area contributed by atoms with Gasteiger partial charge < -0.3 is 14.6 Å². The lowest BCUT2D eigenvalue weighted by Gasteiger charge is -2.14. The van der Waals surface area contributed by atoms with Crippen molar-refractivity contribution in [3.05, 3.63) is 94.2 Å². The molecule has 0 saturated carbocycles. The number of para-hydroxylation sites is 1. The molecule has 0 fully saturated rings. The highest BCUT2D eigenvalue weighted by molar-refractivity contribution is 6.05. The number of nitrogens with zero attached hydrogens (tertiary/aromatic N) is 1. The van der Waals surface area contributed by atoms with Crippen LogP contribution < -0.4 is 9.47 Å². The largest absolute Gasteiger partial charge is 0.493 e. The summed E-state index contributed by atoms with van der Waals surface area (Å²) < 4.78 is 13.5. The van der Waals surface area contributed by atoms with Crippen molar-refractivity contribution in [3.8, 4) is 11.5 Å². The fraction of sp³-hybridized carbons (Fsp3) is 0.241. The zero-order valence-electron chi connectivity index (χ0n) is 20.0. The van der Waals surface area contributed by atoms with E-state index in [0.717, 1.165) is 16.7 Å². The number of hydrogen-bond acceptors (Lipinski definition) is 4. The summed E-state index contributed by atoms with van der Waals surface area (Å²) in [5.74, 6) is 0.659. The lowest BCUT2D eigenvalue weighted by Crippen LogP contribution is -2.16. The number of aryl methyl sites for hydroxylation is 2. The van der Waals surface area contributed by atoms with Gasteiger partial charge in [0.15, 0.2) is 0 Å². The SMILES string of the molecule is Cc1ccc2c(c1)C(COc1ccc(C(=O)n3c(C)c(CC(=O)O)c4ccccc43)c(C)c1)CO2. The van der Waals surface area contributed by atoms with Gasteiger partial charge in [-0.2, -0.15) is 0 Å². The van der Waals surface area contributed by atoms with Crippen LogP contribution in [-0.4, -0.2) is 34.8 Å². The van der Waals surface area contributed by atoms with Gasteiger partial charge in [0.2, 0.25) is 0 Å². The van der Waals surface area contributed by atoms with E-state index in [4.69, 9.17) is 9.47 Å². The van der Waals surface area contributed by atoms with Gasteiger partial charge in [0, 0.05) is 22.2 Å². The summed E-state index contributed by atoms with van der Waals surface area (Å²) in [5, 5.41) is 10.2. The van der Waals surface area contributed by atoms with Crippen molar-refractivity contribution < 1.29 is 24.2 Å². The summed E-state index contributed by atoms with van der Waals surface area (Å²) in [6.07, 6.45) is -0.133. The minimum Gasteiger partial charge on any atom is -0.493 e. The summed E-state index contributed by atoms with van der Waals surface area (Å²) in [7, 11) is 0. The highest BCUT2D eigenvalue weighted by Crippen LogP contribution is 2.35. The van der Waals surface area contributed by atoms with Gasteiger partial charge in [-0.25, -0.2) is 0 Å². The monoisotopic (exact) mass is 469 g/mol. The fourth-order valence-electron chi connectivity index (χ4n) is 4.89. The Balaban J connectivity index is 1.39. The molecule has 1 unspecified atom stereocenters. The first-order chi connectivity index (χ1) is 16.8. The number of aromatic nitrogens is 1. The second-order valence-electron chi connectivity index (χ2n) is 9.13. The van der Waals surface area contributed by atoms with Crippen LogP contribution in [0.1, 0.15) is 44.2 Å². The number of carboxylic acid groups (broad SMARTS) is 1. The van der Waals surface area contributed by atoms with Crippen molar-refractivity contribution in [2.45, 2.75) is 33.1 Å². The van der Waals surface area contributed by atoms with Gasteiger partial charge in [-0.1, -0.05) is 35.9 Å². The Kier molecular flexibility index (Phi) is 5.81. The fourth-order valence-corrected chi connectivity index (χ4v) is 4.89. The van der Waals surface area contributed by atoms with Crippen LogP contribution in [0.5, 0.6) is 11.5 Å². The van der Waals surface area contributed by atoms with Crippen LogP contribution in [-0.2, 0) is 11.2 Å². The van der Waals surface area contributed by atoms with E-state index >= 15 is 0 Å². The average Bonchev–Trinajstić information content (AvgIpc) is 3.35. The van der Waals surface area contributed by atoms with Crippen LogP contribution in [0.3, 0.4) is 0 Å². The van der Waals surface area contributed by atoms with E-state index in [1.165, 1.54) is 11.1 Å². The molecule has 0 saturated heterocycles. The van der Waals surface area contributed by atoms with Crippen molar-refractivity contribution in [1.29, 1.82) is 0 Å². The molecule has 2 heterocycles. The van der Waals surface area contributed by atoms with Gasteiger partial charge in [0.25, 0.3) is 5.91 Å². The molecule has 0 aliphatic carbocycles. The van der Waals surface area contributed by atoms with E-state index < -0.39 is 5.97 Å². The summed E-state index contributed by atoms with van der Waals surface area (Å²) in [6.45, 7) is 6.83. The predicted octanol–water partition coefficient (Wildman–Crippen LogP) is 5.44. The average molecular weight is 470 g/mol. The van der Waals surface area contributed by atoms with Gasteiger partial charge >= 0.3 is 5.97 Å². The van der Waals surface area contributed by atoms with Crippen molar-refractivity contribution in [2.75, 3.05) is 13.2 Å². The molecule has 178 valence electrons. The Morgan fingerprint density at radius 2 is 1.86 bits per heavy atom. The van der Waals surface area contributed by atoms with E-state index in [1.807, 2.05) is 55.5 Å². The molecule has 0 bridgehead atoms. The topological polar surface area (TPSA) is 77.8 Å². The van der Waals surface area contributed by atoms with Gasteiger partial charge in [0.05, 0.1) is 31.1 Å². The zero-order chi connectivity index (χ0) is 24.7. The molecule has 1 aliphatic rings. The highest BCUT2D eigenvalue weighted by atomic mass is 16.5. The maximum atomic E-state index is 13.6. The maximum absolute atomic E-state index is 13.6. The Bertz CT molecular complexity index is 1470. The number of ether oxygens (including phenoxy) is 2. The van der Waals surface area contributed by atoms with Crippen LogP contribution in [0.2, 0.25) is 0 Å². The third kappa shape index (κ3) is 4.16. The standard InChI is InChI=1S/C29H27NO5/c1-17-8-11-27-25(12-17)20(16-35-27)15-34-21-9-10-22(18(2)13-21)29(33)30-19(3)24(14-28(31)32)23-6-4-5-7-26(23)30/h4-13,20H,14-16H2,1-3H3,(H,31,32). The van der Waals surface area contributed by atoms with E-state index in [1.54, 1.807) is 17.6 Å². The lowest BCUT2D eigenvalue weighted by molar-refractivity contribution is -0.136. The third-order valence-corrected chi connectivity index (χ3v) is 6.70. The smallest absolute Gasteiger partial charge is 0.307 e. The number of rotatable bonds is 6. The molecule has 0 radical (unpaired) electrons. The van der Waals surface area contributed by atoms with E-state index in [-0.39, 0.29) is 18.2 Å². The molecular weight excluding hydrogens is 442 g/mol. The summed E-state index contributed by atoms with van der Waals surface area (Å²) in [6, 6.07) is 19.1. The number of benzene rings is 3. The first-order valence-corrected chi connectivity index (χ1v) is 11.7. The van der Waals surface area contributed by atoms with Crippen LogP contribution in [0.4, 0.5) is 0 Å². The molecule has 0 spiro atoms. The second kappa shape index (κ2) is 8.95. The molecule has 35 heavy (non-hydrogen) atoms. The van der Waals surface area contributed by atoms with E-state index in [2.05, 4.69) is 13.0 Å². The normalized spacial score (nSPS) is 14.5. The molecule has 1 N–H and O–H groups in total. The summed E-state index contributed by atoms with van der Waals surface area (Å²) in [5.41, 5.74) is 5.72. The van der Waals surface area contributed by atoms with Gasteiger partial charge in [-0.3, -0.25) is 14.2 Å². The van der Waals surface area contributed by atoms with Crippen molar-refractivity contribution in [3.63, 3.8) is 0 Å². The molecular formula is C29H27NO5. The van der Waals surface area contributed by atoms with Crippen molar-refractivity contribution in [1.82, 2.24) is 4.57 Å². The minimum absolute atomic E-state index is 0.133. The molecule has 1 aliphatic heterocycles. The quantitative estimate of drug-likeness (QED) is 0.407. The van der Waals surface area contributed by atoms with Crippen LogP contribution in [0.15, 0.2) is 60.7 Å². The molecule has 5 rings (SSSR count). The van der Waals surface area contributed by atoms with Crippen molar-refractivity contribution in [2.24, 2.45) is 0 Å². The Labute approximate surface area is 203 Å². The van der Waals surface area contributed by atoms with Crippen LogP contribution in [0, 0.1) is 20.8 Å². The first-order valence-electron chi connectivity index (χ1n) is 11.7. The molecule has 6 nitrogen and oxygen atoms in total.